The highest BCUT2D eigenvalue weighted by Gasteiger charge is 2.19. The molecule has 0 bridgehead atoms. The number of hydrogen-bond donors (Lipinski definition) is 1. The van der Waals surface area contributed by atoms with E-state index >= 15 is 0 Å². The standard InChI is InChI=1S/C18H23N3O3S/c1-15(17-6-4-3-5-7-17)20-18(22)10-13-21(25(2,23)24)14-16-8-11-19-12-9-16/h3-9,11-12,15H,10,13-14H2,1-2H3,(H,20,22). The molecule has 25 heavy (non-hydrogen) atoms. The van der Waals surface area contributed by atoms with E-state index < -0.39 is 10.0 Å². The van der Waals surface area contributed by atoms with Crippen molar-refractivity contribution in [2.45, 2.75) is 25.9 Å². The molecule has 1 amide bonds. The fourth-order valence-corrected chi connectivity index (χ4v) is 3.23. The number of nitrogens with one attached hydrogen (secondary N) is 1. The van der Waals surface area contributed by atoms with Crippen LogP contribution in [0, 0.1) is 0 Å². The first kappa shape index (κ1) is 19.1. The molecule has 0 aliphatic heterocycles. The van der Waals surface area contributed by atoms with Gasteiger partial charge in [-0.15, -0.1) is 0 Å². The summed E-state index contributed by atoms with van der Waals surface area (Å²) in [5.74, 6) is -0.181. The molecule has 7 heteroatoms. The molecular formula is C18H23N3O3S. The molecule has 0 fully saturated rings. The van der Waals surface area contributed by atoms with Gasteiger partial charge in [0.15, 0.2) is 0 Å². The Balaban J connectivity index is 1.92. The van der Waals surface area contributed by atoms with E-state index in [1.54, 1.807) is 24.5 Å². The van der Waals surface area contributed by atoms with Crippen LogP contribution in [-0.2, 0) is 21.4 Å². The van der Waals surface area contributed by atoms with Gasteiger partial charge in [0.25, 0.3) is 0 Å². The molecule has 0 saturated carbocycles. The van der Waals surface area contributed by atoms with Gasteiger partial charge < -0.3 is 5.32 Å². The molecule has 0 aliphatic rings. The highest BCUT2D eigenvalue weighted by Crippen LogP contribution is 2.12. The summed E-state index contributed by atoms with van der Waals surface area (Å²) in [6.07, 6.45) is 4.49. The van der Waals surface area contributed by atoms with Gasteiger partial charge in [0.05, 0.1) is 12.3 Å². The van der Waals surface area contributed by atoms with E-state index in [4.69, 9.17) is 0 Å². The van der Waals surface area contributed by atoms with Crippen LogP contribution in [0.25, 0.3) is 0 Å². The predicted molar refractivity (Wildman–Crippen MR) is 97.1 cm³/mol. The lowest BCUT2D eigenvalue weighted by molar-refractivity contribution is -0.121. The van der Waals surface area contributed by atoms with Crippen LogP contribution in [-0.4, -0.2) is 36.4 Å². The average Bonchev–Trinajstić information content (AvgIpc) is 2.59. The third kappa shape index (κ3) is 6.28. The van der Waals surface area contributed by atoms with Crippen molar-refractivity contribution >= 4 is 15.9 Å². The second kappa shape index (κ2) is 8.73. The lowest BCUT2D eigenvalue weighted by atomic mass is 10.1. The molecule has 1 heterocycles. The minimum absolute atomic E-state index is 0.106. The summed E-state index contributed by atoms with van der Waals surface area (Å²) < 4.78 is 25.2. The number of benzene rings is 1. The van der Waals surface area contributed by atoms with Gasteiger partial charge in [-0.3, -0.25) is 9.78 Å². The molecular weight excluding hydrogens is 338 g/mol. The van der Waals surface area contributed by atoms with E-state index in [0.717, 1.165) is 17.4 Å². The van der Waals surface area contributed by atoms with Crippen LogP contribution >= 0.6 is 0 Å². The van der Waals surface area contributed by atoms with E-state index in [9.17, 15) is 13.2 Å². The topological polar surface area (TPSA) is 79.4 Å². The maximum atomic E-state index is 12.2. The monoisotopic (exact) mass is 361 g/mol. The van der Waals surface area contributed by atoms with Crippen molar-refractivity contribution < 1.29 is 13.2 Å². The van der Waals surface area contributed by atoms with Crippen molar-refractivity contribution in [2.75, 3.05) is 12.8 Å². The first-order chi connectivity index (χ1) is 11.9. The van der Waals surface area contributed by atoms with E-state index in [-0.39, 0.29) is 31.5 Å². The summed E-state index contributed by atoms with van der Waals surface area (Å²) in [5, 5.41) is 2.90. The third-order valence-corrected chi connectivity index (χ3v) is 5.09. The fourth-order valence-electron chi connectivity index (χ4n) is 2.42. The number of sulfonamides is 1. The molecule has 1 aromatic carbocycles. The Morgan fingerprint density at radius 1 is 1.16 bits per heavy atom. The van der Waals surface area contributed by atoms with Crippen LogP contribution in [0.3, 0.4) is 0 Å². The van der Waals surface area contributed by atoms with E-state index in [0.29, 0.717) is 0 Å². The number of pyridine rings is 1. The van der Waals surface area contributed by atoms with Crippen molar-refractivity contribution in [1.82, 2.24) is 14.6 Å². The number of amides is 1. The van der Waals surface area contributed by atoms with Crippen LogP contribution < -0.4 is 5.32 Å². The molecule has 2 aromatic rings. The molecule has 0 saturated heterocycles. The van der Waals surface area contributed by atoms with Gasteiger partial charge >= 0.3 is 0 Å². The molecule has 2 rings (SSSR count). The van der Waals surface area contributed by atoms with Crippen LogP contribution in [0.5, 0.6) is 0 Å². The Morgan fingerprint density at radius 3 is 2.40 bits per heavy atom. The quantitative estimate of drug-likeness (QED) is 0.781. The summed E-state index contributed by atoms with van der Waals surface area (Å²) in [4.78, 5) is 16.1. The number of carbonyl (C=O) groups excluding carboxylic acids is 1. The number of rotatable bonds is 8. The Labute approximate surface area is 148 Å². The highest BCUT2D eigenvalue weighted by molar-refractivity contribution is 7.88. The normalized spacial score (nSPS) is 12.8. The zero-order valence-corrected chi connectivity index (χ0v) is 15.2. The maximum Gasteiger partial charge on any atom is 0.221 e. The number of aromatic nitrogens is 1. The summed E-state index contributed by atoms with van der Waals surface area (Å²) in [6.45, 7) is 2.26. The van der Waals surface area contributed by atoms with Gasteiger partial charge in [-0.1, -0.05) is 30.3 Å². The van der Waals surface area contributed by atoms with Gasteiger partial charge in [0.1, 0.15) is 0 Å². The van der Waals surface area contributed by atoms with E-state index in [1.807, 2.05) is 37.3 Å². The second-order valence-electron chi connectivity index (χ2n) is 5.90. The Morgan fingerprint density at radius 2 is 1.80 bits per heavy atom. The van der Waals surface area contributed by atoms with Crippen molar-refractivity contribution in [3.63, 3.8) is 0 Å². The molecule has 6 nitrogen and oxygen atoms in total. The fraction of sp³-hybridized carbons (Fsp3) is 0.333. The average molecular weight is 361 g/mol. The summed E-state index contributed by atoms with van der Waals surface area (Å²) >= 11 is 0. The molecule has 1 N–H and O–H groups in total. The summed E-state index contributed by atoms with van der Waals surface area (Å²) in [6, 6.07) is 13.0. The first-order valence-electron chi connectivity index (χ1n) is 8.04. The lowest BCUT2D eigenvalue weighted by Crippen LogP contribution is -2.35. The van der Waals surface area contributed by atoms with Gasteiger partial charge in [0.2, 0.25) is 15.9 Å². The van der Waals surface area contributed by atoms with E-state index in [2.05, 4.69) is 10.3 Å². The number of carbonyl (C=O) groups is 1. The molecule has 1 unspecified atom stereocenters. The van der Waals surface area contributed by atoms with Crippen LogP contribution in [0.1, 0.15) is 30.5 Å². The SMILES string of the molecule is CC(NC(=O)CCN(Cc1ccncc1)S(C)(=O)=O)c1ccccc1. The summed E-state index contributed by atoms with van der Waals surface area (Å²) in [5.41, 5.74) is 1.84. The van der Waals surface area contributed by atoms with Crippen molar-refractivity contribution in [3.05, 3.63) is 66.0 Å². The molecule has 134 valence electrons. The van der Waals surface area contributed by atoms with Gasteiger partial charge in [-0.2, -0.15) is 4.31 Å². The Kier molecular flexibility index (Phi) is 6.66. The van der Waals surface area contributed by atoms with Gasteiger partial charge in [-0.25, -0.2) is 8.42 Å². The largest absolute Gasteiger partial charge is 0.350 e. The lowest BCUT2D eigenvalue weighted by Gasteiger charge is -2.20. The van der Waals surface area contributed by atoms with Crippen molar-refractivity contribution in [1.29, 1.82) is 0 Å². The van der Waals surface area contributed by atoms with Crippen molar-refractivity contribution in [3.8, 4) is 0 Å². The second-order valence-corrected chi connectivity index (χ2v) is 7.88. The molecule has 0 radical (unpaired) electrons. The zero-order chi connectivity index (χ0) is 18.3. The van der Waals surface area contributed by atoms with Crippen LogP contribution in [0.2, 0.25) is 0 Å². The van der Waals surface area contributed by atoms with E-state index in [1.165, 1.54) is 4.31 Å². The smallest absolute Gasteiger partial charge is 0.221 e. The number of hydrogen-bond acceptors (Lipinski definition) is 4. The zero-order valence-electron chi connectivity index (χ0n) is 14.4. The minimum Gasteiger partial charge on any atom is -0.350 e. The molecule has 0 aliphatic carbocycles. The Hall–Kier alpha value is -2.25. The molecule has 0 spiro atoms. The first-order valence-corrected chi connectivity index (χ1v) is 9.89. The van der Waals surface area contributed by atoms with Crippen LogP contribution in [0.15, 0.2) is 54.9 Å². The number of nitrogens with zero attached hydrogens (tertiary/aromatic N) is 2. The Bertz CT molecular complexity index is 780. The van der Waals surface area contributed by atoms with Gasteiger partial charge in [-0.05, 0) is 30.2 Å². The third-order valence-electron chi connectivity index (χ3n) is 3.84. The van der Waals surface area contributed by atoms with Gasteiger partial charge in [0, 0.05) is 31.9 Å². The minimum atomic E-state index is -3.41. The summed E-state index contributed by atoms with van der Waals surface area (Å²) in [7, 11) is -3.41. The molecule has 1 atom stereocenters. The molecule has 1 aromatic heterocycles. The van der Waals surface area contributed by atoms with Crippen LogP contribution in [0.4, 0.5) is 0 Å². The maximum absolute atomic E-state index is 12.2. The highest BCUT2D eigenvalue weighted by atomic mass is 32.2. The predicted octanol–water partition coefficient (Wildman–Crippen LogP) is 2.11. The van der Waals surface area contributed by atoms with Crippen molar-refractivity contribution in [2.24, 2.45) is 0 Å².